The molecular weight excluding hydrogens is 881 g/mol. The van der Waals surface area contributed by atoms with Gasteiger partial charge in [-0.3, -0.25) is 0 Å². The number of hydrogen-bond acceptors (Lipinski definition) is 3. The van der Waals surface area contributed by atoms with Crippen LogP contribution in [0.2, 0.25) is 0 Å². The molecule has 2 nitrogen and oxygen atoms in total. The normalized spacial score (nSPS) is 14.6. The first-order valence-corrected chi connectivity index (χ1v) is 27.0. The smallest absolute Gasteiger partial charge is 0.179 e. The molecule has 12 aromatic rings. The van der Waals surface area contributed by atoms with Crippen molar-refractivity contribution in [3.05, 3.63) is 288 Å². The van der Waals surface area contributed by atoms with Crippen molar-refractivity contribution in [1.29, 1.82) is 0 Å². The summed E-state index contributed by atoms with van der Waals surface area (Å²) in [6.07, 6.45) is 0. The molecule has 0 saturated carbocycles. The summed E-state index contributed by atoms with van der Waals surface area (Å²) in [5.74, 6) is 0.772. The highest BCUT2D eigenvalue weighted by Crippen LogP contribution is 2.58. The third-order valence-electron chi connectivity index (χ3n) is 15.1. The molecule has 15 rings (SSSR count). The van der Waals surface area contributed by atoms with E-state index in [2.05, 4.69) is 255 Å². The van der Waals surface area contributed by atoms with Gasteiger partial charge in [-0.15, -0.1) is 11.3 Å². The van der Waals surface area contributed by atoms with Crippen molar-refractivity contribution >= 4 is 60.3 Å². The van der Waals surface area contributed by atoms with Gasteiger partial charge in [0.05, 0.1) is 11.4 Å². The highest BCUT2D eigenvalue weighted by Gasteiger charge is 2.49. The van der Waals surface area contributed by atoms with Gasteiger partial charge < -0.3 is 0 Å². The summed E-state index contributed by atoms with van der Waals surface area (Å²) in [6.45, 7) is 0. The number of aromatic nitrogens is 2. The van der Waals surface area contributed by atoms with Crippen LogP contribution in [0.3, 0.4) is 0 Å². The van der Waals surface area contributed by atoms with E-state index in [0.717, 1.165) is 28.1 Å². The van der Waals surface area contributed by atoms with Crippen LogP contribution in [0, 0.1) is 0 Å². The van der Waals surface area contributed by atoms with Gasteiger partial charge in [-0.25, -0.2) is 9.97 Å². The van der Waals surface area contributed by atoms with E-state index in [-0.39, 0.29) is 11.8 Å². The minimum atomic E-state index is -2.94. The first-order valence-electron chi connectivity index (χ1n) is 24.2. The Morgan fingerprint density at radius 2 is 0.814 bits per heavy atom. The summed E-state index contributed by atoms with van der Waals surface area (Å²) in [5.41, 5.74) is 15.9. The topological polar surface area (TPSA) is 25.8 Å². The molecule has 0 aliphatic heterocycles. The predicted octanol–water partition coefficient (Wildman–Crippen LogP) is 13.9. The number of benzene rings is 10. The quantitative estimate of drug-likeness (QED) is 0.112. The molecular formula is C66H44N2SSi. The number of hydrogen-bond donors (Lipinski definition) is 0. The van der Waals surface area contributed by atoms with Crippen LogP contribution < -0.4 is 20.7 Å². The molecule has 2 bridgehead atoms. The van der Waals surface area contributed by atoms with Crippen molar-refractivity contribution in [2.45, 2.75) is 11.8 Å². The van der Waals surface area contributed by atoms with Gasteiger partial charge >= 0.3 is 0 Å². The lowest BCUT2D eigenvalue weighted by Gasteiger charge is -2.47. The zero-order chi connectivity index (χ0) is 46.2. The van der Waals surface area contributed by atoms with Crippen LogP contribution in [0.1, 0.15) is 45.2 Å². The van der Waals surface area contributed by atoms with Gasteiger partial charge in [-0.05, 0) is 83.5 Å². The summed E-state index contributed by atoms with van der Waals surface area (Å²) in [4.78, 5) is 10.9. The molecule has 0 fully saturated rings. The fraction of sp³-hybridized carbons (Fsp3) is 0.0303. The van der Waals surface area contributed by atoms with Crippen LogP contribution in [0.4, 0.5) is 0 Å². The zero-order valence-corrected chi connectivity index (χ0v) is 40.0. The Balaban J connectivity index is 1.03. The zero-order valence-electron chi connectivity index (χ0n) is 38.2. The van der Waals surface area contributed by atoms with Gasteiger partial charge in [0.1, 0.15) is 0 Å². The maximum atomic E-state index is 5.49. The Labute approximate surface area is 412 Å². The first kappa shape index (κ1) is 40.8. The van der Waals surface area contributed by atoms with Crippen molar-refractivity contribution < 1.29 is 0 Å². The molecule has 2 atom stereocenters. The summed E-state index contributed by atoms with van der Waals surface area (Å²) in [7, 11) is -2.94. The predicted molar refractivity (Wildman–Crippen MR) is 295 cm³/mol. The number of rotatable bonds is 8. The minimum Gasteiger partial charge on any atom is -0.228 e. The van der Waals surface area contributed by atoms with E-state index < -0.39 is 8.07 Å². The van der Waals surface area contributed by atoms with E-state index >= 15 is 0 Å². The summed E-state index contributed by atoms with van der Waals surface area (Å²) < 4.78 is 2.53. The van der Waals surface area contributed by atoms with Crippen LogP contribution in [0.5, 0.6) is 0 Å². The SMILES string of the molecule is c1ccc(-c2nc(-c3ccccc3-c3cccc4c3C3c5ccccc5C4c4cccc([Si](c5ccccc5)(c5ccccc5)c5ccccc5)c43)cc(-c3cccc4sc5ccccc5c34)n2)cc1. The molecule has 2 unspecified atom stereocenters. The van der Waals surface area contributed by atoms with Crippen molar-refractivity contribution in [2.24, 2.45) is 0 Å². The van der Waals surface area contributed by atoms with Crippen LogP contribution in [-0.2, 0) is 0 Å². The van der Waals surface area contributed by atoms with Gasteiger partial charge in [0, 0.05) is 48.7 Å². The largest absolute Gasteiger partial charge is 0.228 e. The van der Waals surface area contributed by atoms with Crippen LogP contribution in [0.25, 0.3) is 65.2 Å². The van der Waals surface area contributed by atoms with Crippen molar-refractivity contribution in [3.63, 3.8) is 0 Å². The Bertz CT molecular complexity index is 3860. The van der Waals surface area contributed by atoms with E-state index in [4.69, 9.17) is 9.97 Å². The molecule has 0 radical (unpaired) electrons. The van der Waals surface area contributed by atoms with E-state index in [0.29, 0.717) is 5.82 Å². The summed E-state index contributed by atoms with van der Waals surface area (Å²) >= 11 is 1.84. The summed E-state index contributed by atoms with van der Waals surface area (Å²) in [6, 6.07) is 94.8. The second-order valence-corrected chi connectivity index (χ2v) is 23.5. The van der Waals surface area contributed by atoms with Crippen LogP contribution in [0.15, 0.2) is 255 Å². The molecule has 10 aromatic carbocycles. The van der Waals surface area contributed by atoms with Gasteiger partial charge in [0.2, 0.25) is 0 Å². The Hall–Kier alpha value is -8.28. The molecule has 0 saturated heterocycles. The van der Waals surface area contributed by atoms with E-state index in [1.54, 1.807) is 0 Å². The lowest BCUT2D eigenvalue weighted by molar-refractivity contribution is 0.760. The highest BCUT2D eigenvalue weighted by molar-refractivity contribution is 7.26. The van der Waals surface area contributed by atoms with E-state index in [9.17, 15) is 0 Å². The molecule has 3 aliphatic carbocycles. The second kappa shape index (κ2) is 16.5. The van der Waals surface area contributed by atoms with Gasteiger partial charge in [-0.1, -0.05) is 237 Å². The van der Waals surface area contributed by atoms with Crippen LogP contribution >= 0.6 is 11.3 Å². The molecule has 70 heavy (non-hydrogen) atoms. The average molecular weight is 925 g/mol. The van der Waals surface area contributed by atoms with Gasteiger partial charge in [0.25, 0.3) is 0 Å². The highest BCUT2D eigenvalue weighted by atomic mass is 32.1. The lowest BCUT2D eigenvalue weighted by atomic mass is 9.60. The maximum absolute atomic E-state index is 5.49. The molecule has 3 aliphatic rings. The van der Waals surface area contributed by atoms with Crippen LogP contribution in [-0.4, -0.2) is 18.0 Å². The fourth-order valence-corrected chi connectivity index (χ4v) is 18.5. The van der Waals surface area contributed by atoms with Crippen molar-refractivity contribution in [3.8, 4) is 45.0 Å². The van der Waals surface area contributed by atoms with E-state index in [1.165, 1.54) is 85.4 Å². The van der Waals surface area contributed by atoms with Gasteiger partial charge in [-0.2, -0.15) is 0 Å². The minimum absolute atomic E-state index is 0.0139. The first-order chi connectivity index (χ1) is 34.8. The molecule has 4 heteroatoms. The number of nitrogens with zero attached hydrogens (tertiary/aromatic N) is 2. The monoisotopic (exact) mass is 924 g/mol. The number of fused-ring (bicyclic) bond motifs is 3. The Kier molecular flexibility index (Phi) is 9.58. The Morgan fingerprint density at radius 3 is 1.50 bits per heavy atom. The summed E-state index contributed by atoms with van der Waals surface area (Å²) in [5, 5.41) is 8.10. The Morgan fingerprint density at radius 1 is 0.343 bits per heavy atom. The standard InChI is InChI=1S/C66H44N2SSi/c1-5-22-43(23-6-1)66-67-56(42-57(68-66)52-36-20-40-59-62(52)53-34-17-18-39-58(53)69-59)48-31-14-13-30-47(48)49-35-19-37-54-61-50-32-15-16-33-51(50)65(63(49)54)64-55(61)38-21-41-60(64)70(44-24-7-2-8-25-44,45-26-9-3-10-27-45)46-28-11-4-12-29-46/h1-42,61,65H. The maximum Gasteiger partial charge on any atom is 0.179 e. The second-order valence-electron chi connectivity index (χ2n) is 18.6. The molecule has 2 heterocycles. The molecule has 0 spiro atoms. The third kappa shape index (κ3) is 6.17. The third-order valence-corrected chi connectivity index (χ3v) is 21.0. The lowest BCUT2D eigenvalue weighted by Crippen LogP contribution is -2.75. The number of thiophene rings is 1. The molecule has 0 amide bonds. The van der Waals surface area contributed by atoms with Gasteiger partial charge in [0.15, 0.2) is 13.9 Å². The molecule has 0 N–H and O–H groups in total. The fourth-order valence-electron chi connectivity index (χ4n) is 12.3. The molecule has 328 valence electrons. The van der Waals surface area contributed by atoms with Crippen molar-refractivity contribution in [1.82, 2.24) is 9.97 Å². The average Bonchev–Trinajstić information content (AvgIpc) is 3.83. The van der Waals surface area contributed by atoms with Crippen molar-refractivity contribution in [2.75, 3.05) is 0 Å². The van der Waals surface area contributed by atoms with E-state index in [1.807, 2.05) is 11.3 Å². The molecule has 2 aromatic heterocycles.